The second kappa shape index (κ2) is 5.76. The van der Waals surface area contributed by atoms with Crippen LogP contribution in [0.2, 0.25) is 0 Å². The molecule has 0 saturated heterocycles. The summed E-state index contributed by atoms with van der Waals surface area (Å²) in [6.45, 7) is 5.50. The van der Waals surface area contributed by atoms with E-state index < -0.39 is 23.5 Å². The van der Waals surface area contributed by atoms with Gasteiger partial charge in [0, 0.05) is 0 Å². The number of aromatic nitrogens is 2. The third kappa shape index (κ3) is 3.95. The van der Waals surface area contributed by atoms with Crippen molar-refractivity contribution >= 4 is 28.5 Å². The summed E-state index contributed by atoms with van der Waals surface area (Å²) in [5, 5.41) is 12.7. The Bertz CT molecular complexity index is 413. The number of nitrogens with zero attached hydrogens (tertiary/aromatic N) is 2. The molecule has 0 bridgehead atoms. The van der Waals surface area contributed by atoms with Gasteiger partial charge in [-0.2, -0.15) is 0 Å². The summed E-state index contributed by atoms with van der Waals surface area (Å²) in [4.78, 5) is 23.3. The Balaban J connectivity index is 2.66. The smallest absolute Gasteiger partial charge is 0.328 e. The number of ether oxygens (including phenoxy) is 1. The van der Waals surface area contributed by atoms with E-state index in [9.17, 15) is 9.59 Å². The van der Waals surface area contributed by atoms with Crippen LogP contribution in [0.15, 0.2) is 5.51 Å². The average Bonchev–Trinajstić information content (AvgIpc) is 2.76. The van der Waals surface area contributed by atoms with Crippen LogP contribution in [0.1, 0.15) is 20.8 Å². The molecule has 1 atom stereocenters. The van der Waals surface area contributed by atoms with Crippen molar-refractivity contribution in [2.24, 2.45) is 5.41 Å². The van der Waals surface area contributed by atoms with Crippen molar-refractivity contribution in [3.05, 3.63) is 5.51 Å². The zero-order valence-corrected chi connectivity index (χ0v) is 11.5. The first-order valence-electron chi connectivity index (χ1n) is 5.26. The molecule has 0 spiro atoms. The van der Waals surface area contributed by atoms with Crippen LogP contribution in [0.3, 0.4) is 0 Å². The molecule has 1 aromatic rings. The summed E-state index contributed by atoms with van der Waals surface area (Å²) < 4.78 is 4.67. The first-order valence-corrected chi connectivity index (χ1v) is 6.14. The van der Waals surface area contributed by atoms with Crippen LogP contribution >= 0.6 is 11.3 Å². The molecule has 0 aliphatic rings. The average molecular weight is 272 g/mol. The van der Waals surface area contributed by atoms with E-state index in [4.69, 9.17) is 0 Å². The summed E-state index contributed by atoms with van der Waals surface area (Å²) >= 11 is 1.19. The van der Waals surface area contributed by atoms with Crippen LogP contribution in [0.25, 0.3) is 0 Å². The Morgan fingerprint density at radius 1 is 1.44 bits per heavy atom. The lowest BCUT2D eigenvalue weighted by molar-refractivity contribution is -0.145. The standard InChI is InChI=1S/C10H16N4O3S/c1-10(2,3)6(7(15)17-4)12-8(16)13-9-14-11-5-18-9/h5-6H,1-4H3,(H2,12,13,14,16)/t6-/m1/s1. The third-order valence-electron chi connectivity index (χ3n) is 2.16. The number of esters is 1. The van der Waals surface area contributed by atoms with Gasteiger partial charge < -0.3 is 10.1 Å². The van der Waals surface area contributed by atoms with Crippen molar-refractivity contribution in [3.63, 3.8) is 0 Å². The van der Waals surface area contributed by atoms with E-state index in [0.29, 0.717) is 5.13 Å². The number of carbonyl (C=O) groups excluding carboxylic acids is 2. The highest BCUT2D eigenvalue weighted by molar-refractivity contribution is 7.13. The van der Waals surface area contributed by atoms with Gasteiger partial charge in [-0.25, -0.2) is 9.59 Å². The summed E-state index contributed by atoms with van der Waals surface area (Å²) in [6.07, 6.45) is 0. The molecular weight excluding hydrogens is 256 g/mol. The maximum Gasteiger partial charge on any atom is 0.328 e. The topological polar surface area (TPSA) is 93.2 Å². The number of hydrogen-bond donors (Lipinski definition) is 2. The van der Waals surface area contributed by atoms with Crippen LogP contribution in [0.5, 0.6) is 0 Å². The number of urea groups is 1. The van der Waals surface area contributed by atoms with E-state index in [-0.39, 0.29) is 0 Å². The van der Waals surface area contributed by atoms with Gasteiger partial charge in [0.2, 0.25) is 5.13 Å². The molecule has 1 aromatic heterocycles. The Morgan fingerprint density at radius 2 is 2.11 bits per heavy atom. The number of methoxy groups -OCH3 is 1. The number of nitrogens with one attached hydrogen (secondary N) is 2. The van der Waals surface area contributed by atoms with Gasteiger partial charge in [0.05, 0.1) is 7.11 Å². The highest BCUT2D eigenvalue weighted by Crippen LogP contribution is 2.20. The fourth-order valence-corrected chi connectivity index (χ4v) is 1.68. The molecule has 0 aliphatic heterocycles. The molecule has 0 fully saturated rings. The van der Waals surface area contributed by atoms with Gasteiger partial charge in [-0.15, -0.1) is 10.2 Å². The zero-order valence-electron chi connectivity index (χ0n) is 10.7. The van der Waals surface area contributed by atoms with Crippen LogP contribution in [-0.4, -0.2) is 35.3 Å². The molecule has 0 unspecified atom stereocenters. The SMILES string of the molecule is COC(=O)[C@@H](NC(=O)Nc1nncs1)C(C)(C)C. The fourth-order valence-electron chi connectivity index (χ4n) is 1.24. The lowest BCUT2D eigenvalue weighted by atomic mass is 9.87. The van der Waals surface area contributed by atoms with Gasteiger partial charge in [0.25, 0.3) is 0 Å². The van der Waals surface area contributed by atoms with Crippen molar-refractivity contribution in [2.75, 3.05) is 12.4 Å². The van der Waals surface area contributed by atoms with E-state index in [1.54, 1.807) is 0 Å². The molecule has 2 amide bonds. The Hall–Kier alpha value is -1.70. The fraction of sp³-hybridized carbons (Fsp3) is 0.600. The van der Waals surface area contributed by atoms with Gasteiger partial charge in [0.1, 0.15) is 11.6 Å². The highest BCUT2D eigenvalue weighted by Gasteiger charge is 2.33. The Labute approximate surface area is 109 Å². The number of rotatable bonds is 3. The van der Waals surface area contributed by atoms with E-state index in [2.05, 4.69) is 25.6 Å². The molecule has 18 heavy (non-hydrogen) atoms. The second-order valence-electron chi connectivity index (χ2n) is 4.66. The molecule has 0 aliphatic carbocycles. The minimum absolute atomic E-state index is 0.366. The maximum atomic E-state index is 11.7. The van der Waals surface area contributed by atoms with Crippen LogP contribution in [0.4, 0.5) is 9.93 Å². The second-order valence-corrected chi connectivity index (χ2v) is 5.50. The van der Waals surface area contributed by atoms with Gasteiger partial charge in [0.15, 0.2) is 0 Å². The molecular formula is C10H16N4O3S. The quantitative estimate of drug-likeness (QED) is 0.808. The minimum atomic E-state index is -0.740. The van der Waals surface area contributed by atoms with Crippen LogP contribution < -0.4 is 10.6 Å². The molecule has 0 aromatic carbocycles. The van der Waals surface area contributed by atoms with Crippen molar-refractivity contribution < 1.29 is 14.3 Å². The van der Waals surface area contributed by atoms with E-state index in [0.717, 1.165) is 0 Å². The van der Waals surface area contributed by atoms with Crippen LogP contribution in [0, 0.1) is 5.41 Å². The molecule has 8 heteroatoms. The number of amides is 2. The van der Waals surface area contributed by atoms with Gasteiger partial charge in [-0.05, 0) is 5.41 Å². The molecule has 1 heterocycles. The van der Waals surface area contributed by atoms with Gasteiger partial charge in [-0.1, -0.05) is 32.1 Å². The zero-order chi connectivity index (χ0) is 13.8. The molecule has 0 saturated carbocycles. The van der Waals surface area contributed by atoms with E-state index >= 15 is 0 Å². The first-order chi connectivity index (χ1) is 8.34. The van der Waals surface area contributed by atoms with E-state index in [1.807, 2.05) is 20.8 Å². The van der Waals surface area contributed by atoms with Gasteiger partial charge >= 0.3 is 12.0 Å². The molecule has 0 radical (unpaired) electrons. The summed E-state index contributed by atoms with van der Waals surface area (Å²) in [5.74, 6) is -0.491. The summed E-state index contributed by atoms with van der Waals surface area (Å²) in [5.41, 5.74) is 1.04. The molecule has 1 rings (SSSR count). The number of anilines is 1. The Morgan fingerprint density at radius 3 is 2.56 bits per heavy atom. The predicted molar refractivity (Wildman–Crippen MR) is 67.3 cm³/mol. The largest absolute Gasteiger partial charge is 0.467 e. The minimum Gasteiger partial charge on any atom is -0.467 e. The summed E-state index contributed by atoms with van der Waals surface area (Å²) in [7, 11) is 1.28. The van der Waals surface area contributed by atoms with Crippen molar-refractivity contribution in [1.29, 1.82) is 0 Å². The van der Waals surface area contributed by atoms with E-state index in [1.165, 1.54) is 24.0 Å². The lowest BCUT2D eigenvalue weighted by Crippen LogP contribution is -2.50. The molecule has 2 N–H and O–H groups in total. The molecule has 7 nitrogen and oxygen atoms in total. The van der Waals surface area contributed by atoms with Crippen molar-refractivity contribution in [2.45, 2.75) is 26.8 Å². The normalized spacial score (nSPS) is 12.7. The lowest BCUT2D eigenvalue weighted by Gasteiger charge is -2.28. The number of carbonyl (C=O) groups is 2. The number of hydrogen-bond acceptors (Lipinski definition) is 6. The highest BCUT2D eigenvalue weighted by atomic mass is 32.1. The Kier molecular flexibility index (Phi) is 4.60. The van der Waals surface area contributed by atoms with Crippen molar-refractivity contribution in [1.82, 2.24) is 15.5 Å². The van der Waals surface area contributed by atoms with Gasteiger partial charge in [-0.3, -0.25) is 5.32 Å². The molecule has 100 valence electrons. The predicted octanol–water partition coefficient (Wildman–Crippen LogP) is 1.25. The maximum absolute atomic E-state index is 11.7. The monoisotopic (exact) mass is 272 g/mol. The van der Waals surface area contributed by atoms with Crippen LogP contribution in [-0.2, 0) is 9.53 Å². The first kappa shape index (κ1) is 14.4. The van der Waals surface area contributed by atoms with Crippen molar-refractivity contribution in [3.8, 4) is 0 Å². The third-order valence-corrected chi connectivity index (χ3v) is 2.77. The summed E-state index contributed by atoms with van der Waals surface area (Å²) in [6, 6.07) is -1.26.